The van der Waals surface area contributed by atoms with Crippen LogP contribution in [0.15, 0.2) is 54.6 Å². The van der Waals surface area contributed by atoms with Gasteiger partial charge in [0.15, 0.2) is 0 Å². The number of hydrogen-bond donors (Lipinski definition) is 1. The van der Waals surface area contributed by atoms with Crippen LogP contribution >= 0.6 is 0 Å². The van der Waals surface area contributed by atoms with Gasteiger partial charge >= 0.3 is 0 Å². The van der Waals surface area contributed by atoms with Crippen molar-refractivity contribution in [3.63, 3.8) is 0 Å². The lowest BCUT2D eigenvalue weighted by molar-refractivity contribution is -0.126. The number of unbranched alkanes of at least 4 members (excludes halogenated alkanes) is 1. The van der Waals surface area contributed by atoms with Crippen LogP contribution in [0.1, 0.15) is 48.5 Å². The lowest BCUT2D eigenvalue weighted by Crippen LogP contribution is -2.45. The van der Waals surface area contributed by atoms with Gasteiger partial charge in [-0.3, -0.25) is 9.59 Å². The minimum atomic E-state index is -0.123. The number of likely N-dealkylation sites (tertiary alicyclic amines) is 1. The molecule has 2 aromatic rings. The fourth-order valence-electron chi connectivity index (χ4n) is 3.55. The average molecular weight is 395 g/mol. The summed E-state index contributed by atoms with van der Waals surface area (Å²) in [7, 11) is 0. The van der Waals surface area contributed by atoms with E-state index in [1.54, 1.807) is 11.0 Å². The van der Waals surface area contributed by atoms with Gasteiger partial charge in [-0.1, -0.05) is 49.7 Å². The van der Waals surface area contributed by atoms with Crippen LogP contribution in [-0.4, -0.2) is 36.3 Å². The van der Waals surface area contributed by atoms with Crippen LogP contribution in [0.5, 0.6) is 5.75 Å². The molecule has 1 N–H and O–H groups in total. The molecule has 0 spiro atoms. The van der Waals surface area contributed by atoms with Crippen molar-refractivity contribution in [1.29, 1.82) is 0 Å². The Balaban J connectivity index is 1.58. The van der Waals surface area contributed by atoms with Gasteiger partial charge in [0.05, 0.1) is 5.92 Å². The highest BCUT2D eigenvalue weighted by Crippen LogP contribution is 2.21. The fraction of sp³-hybridized carbons (Fsp3) is 0.417. The van der Waals surface area contributed by atoms with Crippen LogP contribution in [0.2, 0.25) is 0 Å². The van der Waals surface area contributed by atoms with E-state index in [1.165, 1.54) is 0 Å². The molecule has 2 amide bonds. The van der Waals surface area contributed by atoms with Crippen molar-refractivity contribution in [2.45, 2.75) is 39.2 Å². The molecular formula is C24H30N2O3. The molecule has 1 unspecified atom stereocenters. The van der Waals surface area contributed by atoms with Crippen molar-refractivity contribution in [1.82, 2.24) is 10.2 Å². The molecule has 29 heavy (non-hydrogen) atoms. The molecule has 0 radical (unpaired) electrons. The number of carbonyl (C=O) groups excluding carboxylic acids is 2. The first kappa shape index (κ1) is 20.9. The molecule has 5 heteroatoms. The van der Waals surface area contributed by atoms with Crippen molar-refractivity contribution in [3.05, 3.63) is 65.7 Å². The van der Waals surface area contributed by atoms with E-state index in [0.29, 0.717) is 37.6 Å². The number of piperidine rings is 1. The number of nitrogens with one attached hydrogen (secondary N) is 1. The maximum absolute atomic E-state index is 13.0. The minimum Gasteiger partial charge on any atom is -0.489 e. The Labute approximate surface area is 173 Å². The van der Waals surface area contributed by atoms with Gasteiger partial charge in [-0.15, -0.1) is 0 Å². The normalized spacial score (nSPS) is 16.3. The van der Waals surface area contributed by atoms with E-state index >= 15 is 0 Å². The number of benzene rings is 2. The molecular weight excluding hydrogens is 364 g/mol. The van der Waals surface area contributed by atoms with E-state index in [9.17, 15) is 9.59 Å². The molecule has 2 aromatic carbocycles. The van der Waals surface area contributed by atoms with Gasteiger partial charge in [-0.25, -0.2) is 0 Å². The van der Waals surface area contributed by atoms with Gasteiger partial charge in [-0.2, -0.15) is 0 Å². The molecule has 1 heterocycles. The molecule has 1 aliphatic rings. The highest BCUT2D eigenvalue weighted by Gasteiger charge is 2.28. The largest absolute Gasteiger partial charge is 0.489 e. The molecule has 0 aromatic heterocycles. The Hall–Kier alpha value is -2.82. The van der Waals surface area contributed by atoms with E-state index in [2.05, 4.69) is 12.2 Å². The van der Waals surface area contributed by atoms with Crippen molar-refractivity contribution < 1.29 is 14.3 Å². The highest BCUT2D eigenvalue weighted by atomic mass is 16.5. The van der Waals surface area contributed by atoms with Crippen LogP contribution in [0.25, 0.3) is 0 Å². The molecule has 154 valence electrons. The summed E-state index contributed by atoms with van der Waals surface area (Å²) in [5, 5.41) is 3.00. The van der Waals surface area contributed by atoms with E-state index in [1.807, 2.05) is 48.5 Å². The number of nitrogens with zero attached hydrogens (tertiary/aromatic N) is 1. The summed E-state index contributed by atoms with van der Waals surface area (Å²) in [4.78, 5) is 27.2. The first-order valence-corrected chi connectivity index (χ1v) is 10.5. The second-order valence-electron chi connectivity index (χ2n) is 7.54. The second-order valence-corrected chi connectivity index (χ2v) is 7.54. The van der Waals surface area contributed by atoms with Crippen LogP contribution in [0, 0.1) is 5.92 Å². The molecule has 5 nitrogen and oxygen atoms in total. The van der Waals surface area contributed by atoms with E-state index in [4.69, 9.17) is 4.74 Å². The summed E-state index contributed by atoms with van der Waals surface area (Å²) in [6, 6.07) is 17.2. The number of ether oxygens (including phenoxy) is 1. The first-order valence-electron chi connectivity index (χ1n) is 10.5. The Morgan fingerprint density at radius 1 is 1.14 bits per heavy atom. The summed E-state index contributed by atoms with van der Waals surface area (Å²) in [6.07, 6.45) is 3.72. The second kappa shape index (κ2) is 10.6. The zero-order valence-electron chi connectivity index (χ0n) is 17.1. The van der Waals surface area contributed by atoms with Gasteiger partial charge in [-0.05, 0) is 43.0 Å². The third-order valence-electron chi connectivity index (χ3n) is 5.24. The number of hydrogen-bond acceptors (Lipinski definition) is 3. The van der Waals surface area contributed by atoms with Crippen molar-refractivity contribution in [3.8, 4) is 5.75 Å². The molecule has 1 saturated heterocycles. The molecule has 1 atom stereocenters. The number of rotatable bonds is 8. The Kier molecular flexibility index (Phi) is 7.68. The van der Waals surface area contributed by atoms with E-state index in [-0.39, 0.29) is 17.7 Å². The lowest BCUT2D eigenvalue weighted by atomic mass is 9.96. The smallest absolute Gasteiger partial charge is 0.254 e. The summed E-state index contributed by atoms with van der Waals surface area (Å²) in [6.45, 7) is 4.44. The minimum absolute atomic E-state index is 0.0405. The van der Waals surface area contributed by atoms with E-state index < -0.39 is 0 Å². The molecule has 0 saturated carbocycles. The van der Waals surface area contributed by atoms with Gasteiger partial charge in [0.25, 0.3) is 5.91 Å². The Morgan fingerprint density at radius 2 is 1.97 bits per heavy atom. The average Bonchev–Trinajstić information content (AvgIpc) is 2.78. The number of amides is 2. The van der Waals surface area contributed by atoms with Crippen LogP contribution in [0.3, 0.4) is 0 Å². The van der Waals surface area contributed by atoms with Gasteiger partial charge in [0.2, 0.25) is 5.91 Å². The summed E-state index contributed by atoms with van der Waals surface area (Å²) in [5.74, 6) is 0.574. The summed E-state index contributed by atoms with van der Waals surface area (Å²) >= 11 is 0. The predicted molar refractivity (Wildman–Crippen MR) is 114 cm³/mol. The SMILES string of the molecule is CCCCNC(=O)C1CCCN(C(=O)c2cccc(OCc3ccccc3)c2)C1. The van der Waals surface area contributed by atoms with Crippen molar-refractivity contribution in [2.24, 2.45) is 5.92 Å². The van der Waals surface area contributed by atoms with Crippen molar-refractivity contribution >= 4 is 11.8 Å². The molecule has 3 rings (SSSR count). The first-order chi connectivity index (χ1) is 14.2. The Morgan fingerprint density at radius 3 is 2.76 bits per heavy atom. The lowest BCUT2D eigenvalue weighted by Gasteiger charge is -2.32. The molecule has 1 fully saturated rings. The van der Waals surface area contributed by atoms with Crippen LogP contribution in [0.4, 0.5) is 0 Å². The Bertz CT molecular complexity index is 807. The zero-order valence-corrected chi connectivity index (χ0v) is 17.1. The molecule has 1 aliphatic heterocycles. The zero-order chi connectivity index (χ0) is 20.5. The highest BCUT2D eigenvalue weighted by molar-refractivity contribution is 5.95. The summed E-state index contributed by atoms with van der Waals surface area (Å²) in [5.41, 5.74) is 1.68. The van der Waals surface area contributed by atoms with E-state index in [0.717, 1.165) is 31.2 Å². The monoisotopic (exact) mass is 394 g/mol. The maximum atomic E-state index is 13.0. The third kappa shape index (κ3) is 6.08. The summed E-state index contributed by atoms with van der Waals surface area (Å²) < 4.78 is 5.85. The number of carbonyl (C=O) groups is 2. The van der Waals surface area contributed by atoms with Gasteiger partial charge in [0, 0.05) is 25.2 Å². The third-order valence-corrected chi connectivity index (χ3v) is 5.24. The van der Waals surface area contributed by atoms with Gasteiger partial charge in [0.1, 0.15) is 12.4 Å². The quantitative estimate of drug-likeness (QED) is 0.688. The van der Waals surface area contributed by atoms with Gasteiger partial charge < -0.3 is 15.0 Å². The van der Waals surface area contributed by atoms with Crippen LogP contribution < -0.4 is 10.1 Å². The molecule has 0 bridgehead atoms. The fourth-order valence-corrected chi connectivity index (χ4v) is 3.55. The van der Waals surface area contributed by atoms with Crippen LogP contribution in [-0.2, 0) is 11.4 Å². The standard InChI is InChI=1S/C24H30N2O3/c1-2-3-14-25-23(27)21-12-8-15-26(17-21)24(28)20-11-7-13-22(16-20)29-18-19-9-5-4-6-10-19/h4-7,9-11,13,16,21H,2-3,8,12,14-15,17-18H2,1H3,(H,25,27). The maximum Gasteiger partial charge on any atom is 0.254 e. The predicted octanol–water partition coefficient (Wildman–Crippen LogP) is 4.03. The topological polar surface area (TPSA) is 58.6 Å². The molecule has 0 aliphatic carbocycles. The van der Waals surface area contributed by atoms with Crippen molar-refractivity contribution in [2.75, 3.05) is 19.6 Å².